The molecule has 3 N–H and O–H groups in total. The van der Waals surface area contributed by atoms with E-state index in [1.807, 2.05) is 38.1 Å². The SMILES string of the molecule is CC(O)C(C)SCCCOc1cccc(N)c1. The van der Waals surface area contributed by atoms with Crippen molar-refractivity contribution in [3.05, 3.63) is 24.3 Å². The van der Waals surface area contributed by atoms with Gasteiger partial charge in [-0.05, 0) is 31.2 Å². The van der Waals surface area contributed by atoms with Crippen LogP contribution in [0.5, 0.6) is 5.75 Å². The van der Waals surface area contributed by atoms with Crippen molar-refractivity contribution in [1.29, 1.82) is 0 Å². The number of aliphatic hydroxyl groups excluding tert-OH is 1. The van der Waals surface area contributed by atoms with E-state index in [1.54, 1.807) is 11.8 Å². The maximum absolute atomic E-state index is 9.32. The van der Waals surface area contributed by atoms with Crippen molar-refractivity contribution in [2.45, 2.75) is 31.6 Å². The first-order valence-corrected chi connectivity index (χ1v) is 6.92. The summed E-state index contributed by atoms with van der Waals surface area (Å²) in [5, 5.41) is 9.60. The number of hydrogen-bond acceptors (Lipinski definition) is 4. The molecule has 1 rings (SSSR count). The number of hydrogen-bond donors (Lipinski definition) is 2. The zero-order chi connectivity index (χ0) is 12.7. The molecular formula is C13H21NO2S. The average Bonchev–Trinajstić information content (AvgIpc) is 2.28. The van der Waals surface area contributed by atoms with Gasteiger partial charge in [0.05, 0.1) is 12.7 Å². The van der Waals surface area contributed by atoms with Crippen LogP contribution in [-0.4, -0.2) is 28.8 Å². The van der Waals surface area contributed by atoms with E-state index in [4.69, 9.17) is 10.5 Å². The summed E-state index contributed by atoms with van der Waals surface area (Å²) in [5.41, 5.74) is 6.37. The zero-order valence-electron chi connectivity index (χ0n) is 10.4. The van der Waals surface area contributed by atoms with Crippen molar-refractivity contribution in [3.63, 3.8) is 0 Å². The molecule has 1 aromatic carbocycles. The Labute approximate surface area is 107 Å². The van der Waals surface area contributed by atoms with E-state index in [0.717, 1.165) is 23.6 Å². The molecule has 2 atom stereocenters. The monoisotopic (exact) mass is 255 g/mol. The molecule has 96 valence electrons. The van der Waals surface area contributed by atoms with Gasteiger partial charge in [-0.15, -0.1) is 0 Å². The summed E-state index contributed by atoms with van der Waals surface area (Å²) < 4.78 is 5.57. The van der Waals surface area contributed by atoms with E-state index in [-0.39, 0.29) is 11.4 Å². The molecule has 1 aromatic rings. The van der Waals surface area contributed by atoms with E-state index in [9.17, 15) is 5.11 Å². The first kappa shape index (κ1) is 14.2. The summed E-state index contributed by atoms with van der Waals surface area (Å²) in [5.74, 6) is 1.81. The second-order valence-electron chi connectivity index (χ2n) is 4.09. The van der Waals surface area contributed by atoms with Gasteiger partial charge in [-0.25, -0.2) is 0 Å². The third-order valence-electron chi connectivity index (χ3n) is 2.48. The Balaban J connectivity index is 2.12. The molecule has 0 aliphatic carbocycles. The smallest absolute Gasteiger partial charge is 0.121 e. The molecule has 0 spiro atoms. The number of benzene rings is 1. The highest BCUT2D eigenvalue weighted by Crippen LogP contribution is 2.17. The third-order valence-corrected chi connectivity index (χ3v) is 3.92. The van der Waals surface area contributed by atoms with E-state index in [1.165, 1.54) is 0 Å². The van der Waals surface area contributed by atoms with Crippen LogP contribution in [0.25, 0.3) is 0 Å². The number of rotatable bonds is 7. The third kappa shape index (κ3) is 5.84. The molecule has 17 heavy (non-hydrogen) atoms. The Morgan fingerprint density at radius 2 is 2.18 bits per heavy atom. The number of nitrogen functional groups attached to an aromatic ring is 1. The van der Waals surface area contributed by atoms with Crippen molar-refractivity contribution >= 4 is 17.4 Å². The van der Waals surface area contributed by atoms with Crippen LogP contribution >= 0.6 is 11.8 Å². The van der Waals surface area contributed by atoms with E-state index >= 15 is 0 Å². The highest BCUT2D eigenvalue weighted by molar-refractivity contribution is 7.99. The summed E-state index contributed by atoms with van der Waals surface area (Å²) in [6.45, 7) is 4.54. The summed E-state index contributed by atoms with van der Waals surface area (Å²) in [6.07, 6.45) is 0.714. The molecule has 0 heterocycles. The van der Waals surface area contributed by atoms with Gasteiger partial charge in [0.2, 0.25) is 0 Å². The van der Waals surface area contributed by atoms with E-state index in [0.29, 0.717) is 6.61 Å². The predicted octanol–water partition coefficient (Wildman–Crippen LogP) is 2.54. The summed E-state index contributed by atoms with van der Waals surface area (Å²) >= 11 is 1.77. The Kier molecular flexibility index (Phi) is 6.22. The zero-order valence-corrected chi connectivity index (χ0v) is 11.2. The fourth-order valence-corrected chi connectivity index (χ4v) is 2.20. The van der Waals surface area contributed by atoms with Crippen LogP contribution in [0.1, 0.15) is 20.3 Å². The number of anilines is 1. The Morgan fingerprint density at radius 3 is 2.82 bits per heavy atom. The summed E-state index contributed by atoms with van der Waals surface area (Å²) in [4.78, 5) is 0. The van der Waals surface area contributed by atoms with Crippen LogP contribution in [0.3, 0.4) is 0 Å². The number of aliphatic hydroxyl groups is 1. The van der Waals surface area contributed by atoms with Crippen LogP contribution in [0.15, 0.2) is 24.3 Å². The van der Waals surface area contributed by atoms with Crippen LogP contribution in [-0.2, 0) is 0 Å². The van der Waals surface area contributed by atoms with Gasteiger partial charge in [0.25, 0.3) is 0 Å². The fourth-order valence-electron chi connectivity index (χ4n) is 1.26. The van der Waals surface area contributed by atoms with Crippen LogP contribution in [0.4, 0.5) is 5.69 Å². The van der Waals surface area contributed by atoms with Gasteiger partial charge < -0.3 is 15.6 Å². The molecule has 0 fully saturated rings. The lowest BCUT2D eigenvalue weighted by Gasteiger charge is -2.13. The van der Waals surface area contributed by atoms with Gasteiger partial charge in [-0.3, -0.25) is 0 Å². The summed E-state index contributed by atoms with van der Waals surface area (Å²) in [6, 6.07) is 7.45. The lowest BCUT2D eigenvalue weighted by molar-refractivity contribution is 0.196. The molecule has 0 aliphatic rings. The molecule has 0 saturated heterocycles. The quantitative estimate of drug-likeness (QED) is 0.581. The van der Waals surface area contributed by atoms with Gasteiger partial charge in [-0.2, -0.15) is 11.8 Å². The molecule has 0 amide bonds. The topological polar surface area (TPSA) is 55.5 Å². The van der Waals surface area contributed by atoms with Gasteiger partial charge in [0.15, 0.2) is 0 Å². The Bertz CT molecular complexity index is 331. The molecule has 4 heteroatoms. The molecular weight excluding hydrogens is 234 g/mol. The molecule has 2 unspecified atom stereocenters. The van der Waals surface area contributed by atoms with Gasteiger partial charge >= 0.3 is 0 Å². The normalized spacial score (nSPS) is 14.3. The van der Waals surface area contributed by atoms with Gasteiger partial charge in [-0.1, -0.05) is 13.0 Å². The van der Waals surface area contributed by atoms with Crippen LogP contribution < -0.4 is 10.5 Å². The number of ether oxygens (including phenoxy) is 1. The lowest BCUT2D eigenvalue weighted by Crippen LogP contribution is -2.16. The minimum Gasteiger partial charge on any atom is -0.493 e. The first-order chi connectivity index (χ1) is 8.09. The highest BCUT2D eigenvalue weighted by atomic mass is 32.2. The van der Waals surface area contributed by atoms with Gasteiger partial charge in [0, 0.05) is 17.0 Å². The molecule has 0 aliphatic heterocycles. The largest absolute Gasteiger partial charge is 0.493 e. The minimum atomic E-state index is -0.255. The first-order valence-electron chi connectivity index (χ1n) is 5.87. The highest BCUT2D eigenvalue weighted by Gasteiger charge is 2.08. The Morgan fingerprint density at radius 1 is 1.41 bits per heavy atom. The molecule has 0 saturated carbocycles. The van der Waals surface area contributed by atoms with Crippen molar-refractivity contribution < 1.29 is 9.84 Å². The average molecular weight is 255 g/mol. The maximum Gasteiger partial charge on any atom is 0.121 e. The van der Waals surface area contributed by atoms with E-state index < -0.39 is 0 Å². The number of nitrogens with two attached hydrogens (primary N) is 1. The second kappa shape index (κ2) is 7.45. The predicted molar refractivity (Wildman–Crippen MR) is 74.6 cm³/mol. The van der Waals surface area contributed by atoms with Crippen LogP contribution in [0, 0.1) is 0 Å². The Hall–Kier alpha value is -0.870. The lowest BCUT2D eigenvalue weighted by atomic mass is 10.3. The standard InChI is InChI=1S/C13H21NO2S/c1-10(15)11(2)17-8-4-7-16-13-6-3-5-12(14)9-13/h3,5-6,9-11,15H,4,7-8,14H2,1-2H3. The number of thioether (sulfide) groups is 1. The molecule has 0 radical (unpaired) electrons. The van der Waals surface area contributed by atoms with Crippen LogP contribution in [0.2, 0.25) is 0 Å². The second-order valence-corrected chi connectivity index (χ2v) is 5.58. The van der Waals surface area contributed by atoms with Gasteiger partial charge in [0.1, 0.15) is 5.75 Å². The molecule has 0 bridgehead atoms. The van der Waals surface area contributed by atoms with E-state index in [2.05, 4.69) is 0 Å². The fraction of sp³-hybridized carbons (Fsp3) is 0.538. The molecule has 3 nitrogen and oxygen atoms in total. The van der Waals surface area contributed by atoms with Crippen molar-refractivity contribution in [2.75, 3.05) is 18.1 Å². The minimum absolute atomic E-state index is 0.255. The summed E-state index contributed by atoms with van der Waals surface area (Å²) in [7, 11) is 0. The van der Waals surface area contributed by atoms with Crippen molar-refractivity contribution in [3.8, 4) is 5.75 Å². The molecule has 0 aromatic heterocycles. The van der Waals surface area contributed by atoms with Crippen molar-refractivity contribution in [2.24, 2.45) is 0 Å². The van der Waals surface area contributed by atoms with Crippen molar-refractivity contribution in [1.82, 2.24) is 0 Å². The maximum atomic E-state index is 9.32.